The summed E-state index contributed by atoms with van der Waals surface area (Å²) in [7, 11) is -4.02. The molecule has 1 unspecified atom stereocenters. The Morgan fingerprint density at radius 2 is 1.55 bits per heavy atom. The van der Waals surface area contributed by atoms with Crippen molar-refractivity contribution in [1.29, 1.82) is 0 Å². The summed E-state index contributed by atoms with van der Waals surface area (Å²) in [6, 6.07) is 36.2. The van der Waals surface area contributed by atoms with Crippen molar-refractivity contribution >= 4 is 48.8 Å². The number of unbranched alkanes of at least 4 members (excludes halogenated alkanes) is 1. The fourth-order valence-corrected chi connectivity index (χ4v) is 10.3. The number of nitrogens with zero attached hydrogens (tertiary/aromatic N) is 1. The highest BCUT2D eigenvalue weighted by atomic mass is 32.2. The van der Waals surface area contributed by atoms with Gasteiger partial charge in [-0.2, -0.15) is 8.42 Å². The maximum Gasteiger partial charge on any atom is 0.264 e. The lowest BCUT2D eigenvalue weighted by molar-refractivity contribution is 0.1000. The van der Waals surface area contributed by atoms with Crippen LogP contribution in [-0.2, 0) is 20.9 Å². The van der Waals surface area contributed by atoms with Crippen LogP contribution in [0.1, 0.15) is 113 Å². The smallest absolute Gasteiger partial charge is 0.264 e. The Morgan fingerprint density at radius 1 is 0.875 bits per heavy atom. The Hall–Kier alpha value is -4.72. The van der Waals surface area contributed by atoms with Gasteiger partial charge in [0.25, 0.3) is 10.1 Å². The average Bonchev–Trinajstić information content (AvgIpc) is 3.39. The summed E-state index contributed by atoms with van der Waals surface area (Å²) >= 11 is 0. The number of benzene rings is 5. The fraction of sp³-hybridized carbons (Fsp3) is 0.367. The zero-order valence-electron chi connectivity index (χ0n) is 33.4. The Morgan fingerprint density at radius 3 is 2.27 bits per heavy atom. The SMILES string of the molecule is CC(C)(CCCC1=C(c2ccc(C(N)=O)cc2)C(C/C=C2\N(CCCCS(=O)(=O)O)c3ccc4ccccc4c3C2(C)C)CCC1)c1cccc2ccccc12. The van der Waals surface area contributed by atoms with Gasteiger partial charge in [-0.3, -0.25) is 9.35 Å². The summed E-state index contributed by atoms with van der Waals surface area (Å²) in [5.74, 6) is -0.353. The molecule has 7 rings (SSSR count). The molecule has 1 aliphatic carbocycles. The van der Waals surface area contributed by atoms with E-state index in [1.54, 1.807) is 0 Å². The molecule has 0 fully saturated rings. The van der Waals surface area contributed by atoms with Crippen molar-refractivity contribution in [3.63, 3.8) is 0 Å². The lowest BCUT2D eigenvalue weighted by atomic mass is 9.74. The van der Waals surface area contributed by atoms with Crippen LogP contribution in [0.15, 0.2) is 120 Å². The predicted molar refractivity (Wildman–Crippen MR) is 233 cm³/mol. The maximum atomic E-state index is 12.1. The summed E-state index contributed by atoms with van der Waals surface area (Å²) in [4.78, 5) is 14.5. The Bertz CT molecular complexity index is 2420. The number of carbonyl (C=O) groups excluding carboxylic acids is 1. The number of hydrogen-bond acceptors (Lipinski definition) is 4. The van der Waals surface area contributed by atoms with Gasteiger partial charge in [0.05, 0.1) is 5.75 Å². The van der Waals surface area contributed by atoms with Crippen LogP contribution < -0.4 is 10.6 Å². The van der Waals surface area contributed by atoms with E-state index in [2.05, 4.69) is 130 Å². The fourth-order valence-electron chi connectivity index (χ4n) is 9.72. The van der Waals surface area contributed by atoms with Crippen LogP contribution in [0.3, 0.4) is 0 Å². The molecule has 5 aromatic carbocycles. The predicted octanol–water partition coefficient (Wildman–Crippen LogP) is 11.5. The molecule has 7 heteroatoms. The van der Waals surface area contributed by atoms with Crippen LogP contribution in [0, 0.1) is 5.92 Å². The summed E-state index contributed by atoms with van der Waals surface area (Å²) < 4.78 is 32.6. The molecule has 0 aromatic heterocycles. The highest BCUT2D eigenvalue weighted by Gasteiger charge is 2.41. The molecule has 0 radical (unpaired) electrons. The molecular formula is C49H56N2O4S. The minimum Gasteiger partial charge on any atom is -0.366 e. The minimum absolute atomic E-state index is 0.0151. The topological polar surface area (TPSA) is 101 Å². The van der Waals surface area contributed by atoms with E-state index in [-0.39, 0.29) is 16.6 Å². The van der Waals surface area contributed by atoms with Crippen molar-refractivity contribution in [1.82, 2.24) is 0 Å². The van der Waals surface area contributed by atoms with Crippen molar-refractivity contribution in [2.45, 2.75) is 96.3 Å². The Labute approximate surface area is 333 Å². The second-order valence-electron chi connectivity index (χ2n) is 17.1. The van der Waals surface area contributed by atoms with E-state index in [0.717, 1.165) is 44.9 Å². The number of fused-ring (bicyclic) bond motifs is 4. The first-order chi connectivity index (χ1) is 26.7. The van der Waals surface area contributed by atoms with E-state index in [1.807, 2.05) is 12.1 Å². The average molecular weight is 769 g/mol. The Kier molecular flexibility index (Phi) is 11.3. The van der Waals surface area contributed by atoms with Crippen LogP contribution in [0.2, 0.25) is 0 Å². The number of carbonyl (C=O) groups is 1. The van der Waals surface area contributed by atoms with Crippen molar-refractivity contribution in [3.05, 3.63) is 143 Å². The number of nitrogens with two attached hydrogens (primary N) is 1. The van der Waals surface area contributed by atoms with E-state index in [1.165, 1.54) is 60.8 Å². The van der Waals surface area contributed by atoms with E-state index in [0.29, 0.717) is 30.9 Å². The van der Waals surface area contributed by atoms with Gasteiger partial charge in [0, 0.05) is 28.9 Å². The molecule has 1 amide bonds. The second kappa shape index (κ2) is 16.0. The van der Waals surface area contributed by atoms with Gasteiger partial charge >= 0.3 is 0 Å². The van der Waals surface area contributed by atoms with E-state index in [4.69, 9.17) is 5.73 Å². The van der Waals surface area contributed by atoms with Gasteiger partial charge in [-0.15, -0.1) is 0 Å². The zero-order chi connectivity index (χ0) is 39.7. The van der Waals surface area contributed by atoms with Gasteiger partial charge in [-0.05, 0) is 131 Å². The maximum absolute atomic E-state index is 12.1. The highest BCUT2D eigenvalue weighted by Crippen LogP contribution is 2.52. The number of amides is 1. The van der Waals surface area contributed by atoms with Gasteiger partial charge in [-0.1, -0.05) is 124 Å². The van der Waals surface area contributed by atoms with E-state index in [9.17, 15) is 17.8 Å². The number of rotatable bonds is 14. The molecule has 1 atom stereocenters. The van der Waals surface area contributed by atoms with Gasteiger partial charge in [0.15, 0.2) is 0 Å². The van der Waals surface area contributed by atoms with Crippen LogP contribution >= 0.6 is 0 Å². The van der Waals surface area contributed by atoms with Gasteiger partial charge in [0.1, 0.15) is 0 Å². The normalized spacial score (nSPS) is 17.9. The number of primary amides is 1. The van der Waals surface area contributed by atoms with Crippen LogP contribution in [0.25, 0.3) is 27.1 Å². The van der Waals surface area contributed by atoms with Gasteiger partial charge in [0.2, 0.25) is 5.91 Å². The van der Waals surface area contributed by atoms with Crippen LogP contribution in [-0.4, -0.2) is 31.2 Å². The molecule has 0 saturated heterocycles. The standard InChI is InChI=1S/C49H56N2O4S/c1-48(2,42-22-12-16-34-14-5-7-20-40(34)42)31-13-19-36-17-11-18-37(45(36)38-23-25-39(26-24-38)47(50)52)28-30-44-49(3,4)46-41-21-8-6-15-35(41)27-29-43(46)51(44)32-9-10-33-56(53,54)55/h5-8,12,14-16,20-27,29-30,37H,9-11,13,17-19,28,31-33H2,1-4H3,(H2,50,52)(H,53,54,55)/b44-30-. The quantitative estimate of drug-likeness (QED) is 0.0865. The van der Waals surface area contributed by atoms with Crippen molar-refractivity contribution in [2.75, 3.05) is 17.2 Å². The first kappa shape index (κ1) is 39.5. The lowest BCUT2D eigenvalue weighted by Gasteiger charge is -2.32. The monoisotopic (exact) mass is 768 g/mol. The molecule has 2 aliphatic rings. The van der Waals surface area contributed by atoms with Crippen LogP contribution in [0.4, 0.5) is 5.69 Å². The Balaban J connectivity index is 1.21. The summed E-state index contributed by atoms with van der Waals surface area (Å²) in [5.41, 5.74) is 15.1. The lowest BCUT2D eigenvalue weighted by Crippen LogP contribution is -2.28. The zero-order valence-corrected chi connectivity index (χ0v) is 34.2. The minimum atomic E-state index is -4.02. The molecule has 1 aliphatic heterocycles. The number of allylic oxidation sites excluding steroid dienone is 4. The summed E-state index contributed by atoms with van der Waals surface area (Å²) in [6.07, 6.45) is 10.8. The molecule has 0 saturated carbocycles. The summed E-state index contributed by atoms with van der Waals surface area (Å²) in [6.45, 7) is 10.0. The molecule has 1 heterocycles. The van der Waals surface area contributed by atoms with Crippen molar-refractivity contribution in [2.24, 2.45) is 11.7 Å². The molecule has 3 N–H and O–H groups in total. The molecular weight excluding hydrogens is 713 g/mol. The van der Waals surface area contributed by atoms with Gasteiger partial charge in [-0.25, -0.2) is 0 Å². The van der Waals surface area contributed by atoms with E-state index < -0.39 is 16.0 Å². The summed E-state index contributed by atoms with van der Waals surface area (Å²) in [5, 5.41) is 5.06. The first-order valence-corrected chi connectivity index (χ1v) is 21.9. The molecule has 5 aromatic rings. The third-order valence-corrected chi connectivity index (χ3v) is 13.3. The highest BCUT2D eigenvalue weighted by molar-refractivity contribution is 7.85. The largest absolute Gasteiger partial charge is 0.366 e. The van der Waals surface area contributed by atoms with E-state index >= 15 is 0 Å². The number of hydrogen-bond donors (Lipinski definition) is 2. The van der Waals surface area contributed by atoms with Crippen LogP contribution in [0.5, 0.6) is 0 Å². The molecule has 0 bridgehead atoms. The third kappa shape index (κ3) is 8.21. The van der Waals surface area contributed by atoms with Crippen molar-refractivity contribution < 1.29 is 17.8 Å². The molecule has 292 valence electrons. The molecule has 0 spiro atoms. The second-order valence-corrected chi connectivity index (χ2v) is 18.7. The van der Waals surface area contributed by atoms with Crippen molar-refractivity contribution in [3.8, 4) is 0 Å². The van der Waals surface area contributed by atoms with Gasteiger partial charge < -0.3 is 10.6 Å². The number of anilines is 1. The molecule has 56 heavy (non-hydrogen) atoms. The first-order valence-electron chi connectivity index (χ1n) is 20.3. The molecule has 6 nitrogen and oxygen atoms in total. The third-order valence-electron chi connectivity index (χ3n) is 12.5.